The highest BCUT2D eigenvalue weighted by Gasteiger charge is 2.72. The Morgan fingerprint density at radius 2 is 1.85 bits per heavy atom. The summed E-state index contributed by atoms with van der Waals surface area (Å²) in [5.41, 5.74) is -0.306. The number of fused-ring (bicyclic) bond motifs is 1. The minimum Gasteiger partial charge on any atom is -0.271 e. The maximum atomic E-state index is 13.4. The zero-order chi connectivity index (χ0) is 19.5. The van der Waals surface area contributed by atoms with Gasteiger partial charge in [0.1, 0.15) is 10.4 Å². The van der Waals surface area contributed by atoms with Gasteiger partial charge in [-0.1, -0.05) is 27.7 Å². The van der Waals surface area contributed by atoms with E-state index in [0.29, 0.717) is 5.92 Å². The third kappa shape index (κ3) is 2.77. The van der Waals surface area contributed by atoms with E-state index in [9.17, 15) is 13.2 Å². The molecule has 3 aliphatic rings. The third-order valence-corrected chi connectivity index (χ3v) is 10.9. The van der Waals surface area contributed by atoms with Gasteiger partial charge in [0.2, 0.25) is 10.0 Å². The number of aliphatic imine (C=N–C) groups is 1. The Balaban J connectivity index is 2.00. The monoisotopic (exact) mass is 418 g/mol. The van der Waals surface area contributed by atoms with Gasteiger partial charge in [-0.15, -0.1) is 23.5 Å². The van der Waals surface area contributed by atoms with E-state index >= 15 is 0 Å². The second-order valence-corrected chi connectivity index (χ2v) is 12.4. The molecular formula is C18H30N2O3S3. The van der Waals surface area contributed by atoms with Gasteiger partial charge in [-0.3, -0.25) is 9.79 Å². The largest absolute Gasteiger partial charge is 0.271 e. The lowest BCUT2D eigenvalue weighted by Crippen LogP contribution is -2.48. The summed E-state index contributed by atoms with van der Waals surface area (Å²) in [6.45, 7) is 8.28. The Bertz CT molecular complexity index is 726. The molecule has 0 aromatic carbocycles. The second kappa shape index (κ2) is 6.69. The van der Waals surface area contributed by atoms with Gasteiger partial charge in [0.15, 0.2) is 0 Å². The quantitative estimate of drug-likeness (QED) is 0.519. The van der Waals surface area contributed by atoms with Crippen LogP contribution in [0.25, 0.3) is 0 Å². The summed E-state index contributed by atoms with van der Waals surface area (Å²) in [5.74, 6) is 0.250. The normalized spacial score (nSPS) is 34.8. The van der Waals surface area contributed by atoms with Crippen molar-refractivity contribution in [3.8, 4) is 0 Å². The van der Waals surface area contributed by atoms with Gasteiger partial charge in [0.25, 0.3) is 5.91 Å². The van der Waals surface area contributed by atoms with Crippen LogP contribution in [0.4, 0.5) is 0 Å². The Morgan fingerprint density at radius 3 is 2.35 bits per heavy atom. The first-order chi connectivity index (χ1) is 12.0. The number of hydrogen-bond donors (Lipinski definition) is 0. The van der Waals surface area contributed by atoms with E-state index in [-0.39, 0.29) is 34.4 Å². The summed E-state index contributed by atoms with van der Waals surface area (Å²) in [5, 5.41) is 0. The van der Waals surface area contributed by atoms with Gasteiger partial charge in [0.05, 0.1) is 11.8 Å². The fourth-order valence-corrected chi connectivity index (χ4v) is 9.16. The van der Waals surface area contributed by atoms with E-state index in [1.807, 2.05) is 26.4 Å². The average Bonchev–Trinajstić information content (AvgIpc) is 3.02. The van der Waals surface area contributed by atoms with Crippen LogP contribution in [0.5, 0.6) is 0 Å². The van der Waals surface area contributed by atoms with Crippen molar-refractivity contribution in [3.05, 3.63) is 0 Å². The molecule has 1 aliphatic heterocycles. The molecule has 5 nitrogen and oxygen atoms in total. The van der Waals surface area contributed by atoms with Gasteiger partial charge in [-0.25, -0.2) is 12.7 Å². The molecule has 8 heteroatoms. The predicted molar refractivity (Wildman–Crippen MR) is 111 cm³/mol. The van der Waals surface area contributed by atoms with Crippen molar-refractivity contribution in [2.24, 2.45) is 27.7 Å². The van der Waals surface area contributed by atoms with Gasteiger partial charge >= 0.3 is 0 Å². The lowest BCUT2D eigenvalue weighted by Gasteiger charge is -2.37. The molecule has 2 aliphatic carbocycles. The molecule has 3 unspecified atom stereocenters. The Kier molecular flexibility index (Phi) is 5.28. The number of thioether (sulfide) groups is 2. The smallest absolute Gasteiger partial charge is 0.261 e. The number of hydrogen-bond acceptors (Lipinski definition) is 6. The second-order valence-electron chi connectivity index (χ2n) is 8.75. The van der Waals surface area contributed by atoms with Crippen LogP contribution in [-0.4, -0.2) is 53.4 Å². The van der Waals surface area contributed by atoms with E-state index in [1.165, 1.54) is 27.8 Å². The number of amides is 1. The van der Waals surface area contributed by atoms with Crippen LogP contribution in [0, 0.1) is 22.7 Å². The lowest BCUT2D eigenvalue weighted by atomic mass is 9.69. The SMILES string of the molecule is CSC(=N[C@H](C(=O)N1C2CC3CCC2(CS1(=O)=O)C3(C)C)C(C)C)SC. The minimum absolute atomic E-state index is 0.0277. The number of carbonyl (C=O) groups is 1. The first-order valence-corrected chi connectivity index (χ1v) is 13.3. The fraction of sp³-hybridized carbons (Fsp3) is 0.889. The number of sulfonamides is 1. The van der Waals surface area contributed by atoms with Crippen LogP contribution < -0.4 is 0 Å². The van der Waals surface area contributed by atoms with E-state index in [4.69, 9.17) is 0 Å². The molecule has 1 spiro atoms. The average molecular weight is 419 g/mol. The highest BCUT2D eigenvalue weighted by Crippen LogP contribution is 2.70. The summed E-state index contributed by atoms with van der Waals surface area (Å²) in [6, 6.07) is -0.825. The summed E-state index contributed by atoms with van der Waals surface area (Å²) in [7, 11) is -3.59. The number of carbonyl (C=O) groups excluding carboxylic acids is 1. The Labute approximate surface area is 166 Å². The minimum atomic E-state index is -3.59. The van der Waals surface area contributed by atoms with Crippen molar-refractivity contribution < 1.29 is 13.2 Å². The molecule has 0 aromatic heterocycles. The highest BCUT2D eigenvalue weighted by molar-refractivity contribution is 8.38. The maximum absolute atomic E-state index is 13.4. The number of rotatable bonds is 3. The van der Waals surface area contributed by atoms with Crippen molar-refractivity contribution in [2.45, 2.75) is 59.0 Å². The standard InChI is InChI=1S/C18H30N2O3S3/c1-11(2)14(19-16(24-5)25-6)15(21)20-13-9-12-7-8-18(13,17(12,3)4)10-26(20,22)23/h11-14H,7-10H2,1-6H3/t12?,13?,14-,18?/m0/s1. The molecule has 4 atom stereocenters. The van der Waals surface area contributed by atoms with Crippen LogP contribution in [0.3, 0.4) is 0 Å². The van der Waals surface area contributed by atoms with E-state index in [2.05, 4.69) is 18.8 Å². The van der Waals surface area contributed by atoms with Crippen LogP contribution in [0.1, 0.15) is 47.0 Å². The van der Waals surface area contributed by atoms with Crippen molar-refractivity contribution in [1.82, 2.24) is 4.31 Å². The number of nitrogens with zero attached hydrogens (tertiary/aromatic N) is 2. The third-order valence-electron chi connectivity index (χ3n) is 7.11. The van der Waals surface area contributed by atoms with Gasteiger partial charge < -0.3 is 0 Å². The summed E-state index contributed by atoms with van der Waals surface area (Å²) in [6.07, 6.45) is 6.66. The van der Waals surface area contributed by atoms with Crippen LogP contribution in [0.15, 0.2) is 4.99 Å². The topological polar surface area (TPSA) is 66.8 Å². The molecule has 2 bridgehead atoms. The molecule has 2 saturated carbocycles. The van der Waals surface area contributed by atoms with Crippen LogP contribution in [0.2, 0.25) is 0 Å². The van der Waals surface area contributed by atoms with E-state index < -0.39 is 16.1 Å². The van der Waals surface area contributed by atoms with Crippen molar-refractivity contribution in [1.29, 1.82) is 0 Å². The molecule has 3 fully saturated rings. The van der Waals surface area contributed by atoms with Crippen LogP contribution >= 0.6 is 23.5 Å². The van der Waals surface area contributed by atoms with Crippen molar-refractivity contribution in [2.75, 3.05) is 18.3 Å². The molecule has 1 amide bonds. The van der Waals surface area contributed by atoms with Gasteiger partial charge in [-0.2, -0.15) is 0 Å². The zero-order valence-electron chi connectivity index (χ0n) is 16.5. The molecule has 1 heterocycles. The summed E-state index contributed by atoms with van der Waals surface area (Å²) < 4.78 is 28.3. The molecule has 0 N–H and O–H groups in total. The first kappa shape index (κ1) is 20.5. The van der Waals surface area contributed by atoms with Gasteiger partial charge in [-0.05, 0) is 49.0 Å². The van der Waals surface area contributed by atoms with Crippen molar-refractivity contribution >= 4 is 43.8 Å². The Hall–Kier alpha value is -0.210. The zero-order valence-corrected chi connectivity index (χ0v) is 18.9. The molecule has 0 aromatic rings. The molecule has 1 saturated heterocycles. The van der Waals surface area contributed by atoms with E-state index in [1.54, 1.807) is 0 Å². The van der Waals surface area contributed by atoms with Crippen LogP contribution in [-0.2, 0) is 14.8 Å². The molecule has 26 heavy (non-hydrogen) atoms. The predicted octanol–water partition coefficient (Wildman–Crippen LogP) is 3.46. The summed E-state index contributed by atoms with van der Waals surface area (Å²) >= 11 is 3.00. The molecule has 148 valence electrons. The maximum Gasteiger partial charge on any atom is 0.261 e. The fourth-order valence-electron chi connectivity index (χ4n) is 5.50. The first-order valence-electron chi connectivity index (χ1n) is 9.23. The van der Waals surface area contributed by atoms with E-state index in [0.717, 1.165) is 23.6 Å². The van der Waals surface area contributed by atoms with Gasteiger partial charge in [0, 0.05) is 5.41 Å². The highest BCUT2D eigenvalue weighted by atomic mass is 32.2. The van der Waals surface area contributed by atoms with Crippen molar-refractivity contribution in [3.63, 3.8) is 0 Å². The molecule has 0 radical (unpaired) electrons. The lowest BCUT2D eigenvalue weighted by molar-refractivity contribution is -0.131. The molecule has 3 rings (SSSR count). The molecular weight excluding hydrogens is 388 g/mol. The Morgan fingerprint density at radius 1 is 1.23 bits per heavy atom. The summed E-state index contributed by atoms with van der Waals surface area (Å²) in [4.78, 5) is 18.0.